The number of hydrazine groups is 1. The van der Waals surface area contributed by atoms with Gasteiger partial charge in [0.1, 0.15) is 12.4 Å². The standard InChI is InChI=1S/C15H17N3O2/c1-10-3-4-11(2)14(7-10)20-9-13-6-5-12(8-17-13)15(19)18-16/h3-8H,9,16H2,1-2H3,(H,18,19). The first-order chi connectivity index (χ1) is 9.60. The molecule has 1 aromatic carbocycles. The topological polar surface area (TPSA) is 77.2 Å². The van der Waals surface area contributed by atoms with E-state index in [1.54, 1.807) is 12.1 Å². The van der Waals surface area contributed by atoms with Crippen LogP contribution in [0.2, 0.25) is 0 Å². The Bertz CT molecular complexity index is 609. The summed E-state index contributed by atoms with van der Waals surface area (Å²) in [5.41, 5.74) is 5.46. The molecule has 20 heavy (non-hydrogen) atoms. The Morgan fingerprint density at radius 3 is 2.75 bits per heavy atom. The van der Waals surface area contributed by atoms with Gasteiger partial charge >= 0.3 is 0 Å². The minimum absolute atomic E-state index is 0.356. The third kappa shape index (κ3) is 3.33. The third-order valence-electron chi connectivity index (χ3n) is 2.94. The van der Waals surface area contributed by atoms with Gasteiger partial charge in [0.25, 0.3) is 5.91 Å². The molecule has 0 atom stereocenters. The molecule has 0 saturated carbocycles. The van der Waals surface area contributed by atoms with Crippen LogP contribution in [0.1, 0.15) is 27.2 Å². The number of hydrogen-bond acceptors (Lipinski definition) is 4. The van der Waals surface area contributed by atoms with E-state index in [0.717, 1.165) is 22.6 Å². The zero-order valence-electron chi connectivity index (χ0n) is 11.5. The number of nitrogen functional groups attached to an aromatic ring is 1. The monoisotopic (exact) mass is 271 g/mol. The number of aryl methyl sites for hydroxylation is 2. The highest BCUT2D eigenvalue weighted by Crippen LogP contribution is 2.20. The van der Waals surface area contributed by atoms with Gasteiger partial charge < -0.3 is 4.74 Å². The minimum Gasteiger partial charge on any atom is -0.487 e. The molecule has 0 unspecified atom stereocenters. The van der Waals surface area contributed by atoms with Crippen molar-refractivity contribution in [1.82, 2.24) is 10.4 Å². The number of amides is 1. The average molecular weight is 271 g/mol. The van der Waals surface area contributed by atoms with E-state index in [-0.39, 0.29) is 5.91 Å². The third-order valence-corrected chi connectivity index (χ3v) is 2.94. The average Bonchev–Trinajstić information content (AvgIpc) is 2.48. The van der Waals surface area contributed by atoms with Crippen LogP contribution in [0.25, 0.3) is 0 Å². The second-order valence-corrected chi connectivity index (χ2v) is 4.57. The minimum atomic E-state index is -0.362. The van der Waals surface area contributed by atoms with Crippen LogP contribution in [-0.4, -0.2) is 10.9 Å². The Morgan fingerprint density at radius 1 is 1.30 bits per heavy atom. The van der Waals surface area contributed by atoms with Crippen molar-refractivity contribution in [2.75, 3.05) is 0 Å². The van der Waals surface area contributed by atoms with Crippen LogP contribution in [-0.2, 0) is 6.61 Å². The van der Waals surface area contributed by atoms with Crippen LogP contribution in [0.15, 0.2) is 36.5 Å². The van der Waals surface area contributed by atoms with E-state index >= 15 is 0 Å². The molecule has 2 rings (SSSR count). The molecular formula is C15H17N3O2. The van der Waals surface area contributed by atoms with Crippen LogP contribution in [0.5, 0.6) is 5.75 Å². The van der Waals surface area contributed by atoms with E-state index in [1.165, 1.54) is 6.20 Å². The molecule has 5 nitrogen and oxygen atoms in total. The highest BCUT2D eigenvalue weighted by molar-refractivity contribution is 5.93. The lowest BCUT2D eigenvalue weighted by atomic mass is 10.1. The van der Waals surface area contributed by atoms with Crippen LogP contribution in [0, 0.1) is 13.8 Å². The van der Waals surface area contributed by atoms with Gasteiger partial charge in [-0.3, -0.25) is 15.2 Å². The molecule has 1 heterocycles. The fourth-order valence-electron chi connectivity index (χ4n) is 1.74. The Morgan fingerprint density at radius 2 is 2.10 bits per heavy atom. The maximum Gasteiger partial charge on any atom is 0.266 e. The van der Waals surface area contributed by atoms with E-state index in [2.05, 4.69) is 10.4 Å². The van der Waals surface area contributed by atoms with Gasteiger partial charge in [0, 0.05) is 6.20 Å². The molecule has 0 aliphatic carbocycles. The summed E-state index contributed by atoms with van der Waals surface area (Å²) in [4.78, 5) is 15.5. The molecule has 0 aliphatic rings. The number of carbonyl (C=O) groups excluding carboxylic acids is 1. The summed E-state index contributed by atoms with van der Waals surface area (Å²) in [6.45, 7) is 4.37. The molecule has 0 fully saturated rings. The first kappa shape index (κ1) is 14.0. The lowest BCUT2D eigenvalue weighted by Gasteiger charge is -2.09. The molecule has 1 amide bonds. The van der Waals surface area contributed by atoms with Gasteiger partial charge in [-0.1, -0.05) is 12.1 Å². The summed E-state index contributed by atoms with van der Waals surface area (Å²) >= 11 is 0. The Labute approximate surface area is 117 Å². The zero-order chi connectivity index (χ0) is 14.5. The van der Waals surface area contributed by atoms with Gasteiger partial charge in [0.15, 0.2) is 0 Å². The van der Waals surface area contributed by atoms with Crippen LogP contribution in [0.4, 0.5) is 0 Å². The number of pyridine rings is 1. The Kier molecular flexibility index (Phi) is 4.32. The molecule has 104 valence electrons. The molecule has 0 aliphatic heterocycles. The number of nitrogens with zero attached hydrogens (tertiary/aromatic N) is 1. The second kappa shape index (κ2) is 6.16. The van der Waals surface area contributed by atoms with E-state index < -0.39 is 0 Å². The van der Waals surface area contributed by atoms with Crippen LogP contribution < -0.4 is 16.0 Å². The zero-order valence-corrected chi connectivity index (χ0v) is 11.5. The smallest absolute Gasteiger partial charge is 0.266 e. The normalized spacial score (nSPS) is 10.2. The van der Waals surface area contributed by atoms with Crippen molar-refractivity contribution in [3.8, 4) is 5.75 Å². The van der Waals surface area contributed by atoms with E-state index in [9.17, 15) is 4.79 Å². The number of benzene rings is 1. The van der Waals surface area contributed by atoms with Crippen LogP contribution in [0.3, 0.4) is 0 Å². The van der Waals surface area contributed by atoms with E-state index in [0.29, 0.717) is 12.2 Å². The van der Waals surface area contributed by atoms with Crippen molar-refractivity contribution in [2.45, 2.75) is 20.5 Å². The van der Waals surface area contributed by atoms with Gasteiger partial charge in [-0.15, -0.1) is 0 Å². The van der Waals surface area contributed by atoms with Crippen molar-refractivity contribution in [3.63, 3.8) is 0 Å². The van der Waals surface area contributed by atoms with Crippen molar-refractivity contribution in [1.29, 1.82) is 0 Å². The number of aromatic nitrogens is 1. The highest BCUT2D eigenvalue weighted by atomic mass is 16.5. The summed E-state index contributed by atoms with van der Waals surface area (Å²) in [5.74, 6) is 5.54. The first-order valence-electron chi connectivity index (χ1n) is 6.26. The van der Waals surface area contributed by atoms with Gasteiger partial charge in [0.2, 0.25) is 0 Å². The molecule has 0 radical (unpaired) electrons. The van der Waals surface area contributed by atoms with Crippen molar-refractivity contribution in [3.05, 3.63) is 58.9 Å². The summed E-state index contributed by atoms with van der Waals surface area (Å²) in [6, 6.07) is 9.46. The predicted molar refractivity (Wildman–Crippen MR) is 76.1 cm³/mol. The molecular weight excluding hydrogens is 254 g/mol. The van der Waals surface area contributed by atoms with Crippen molar-refractivity contribution in [2.24, 2.45) is 5.84 Å². The quantitative estimate of drug-likeness (QED) is 0.505. The fourth-order valence-corrected chi connectivity index (χ4v) is 1.74. The fraction of sp³-hybridized carbons (Fsp3) is 0.200. The molecule has 2 aromatic rings. The molecule has 0 bridgehead atoms. The number of ether oxygens (including phenoxy) is 1. The first-order valence-corrected chi connectivity index (χ1v) is 6.26. The SMILES string of the molecule is Cc1ccc(C)c(OCc2ccc(C(=O)NN)cn2)c1. The number of rotatable bonds is 4. The Balaban J connectivity index is 2.04. The number of carbonyl (C=O) groups is 1. The molecule has 0 saturated heterocycles. The summed E-state index contributed by atoms with van der Waals surface area (Å²) in [6.07, 6.45) is 1.48. The second-order valence-electron chi connectivity index (χ2n) is 4.57. The van der Waals surface area contributed by atoms with Gasteiger partial charge in [-0.05, 0) is 43.2 Å². The molecule has 0 spiro atoms. The van der Waals surface area contributed by atoms with E-state index in [4.69, 9.17) is 10.6 Å². The molecule has 5 heteroatoms. The lowest BCUT2D eigenvalue weighted by molar-refractivity contribution is 0.0953. The number of nitrogens with two attached hydrogens (primary N) is 1. The van der Waals surface area contributed by atoms with Gasteiger partial charge in [-0.25, -0.2) is 5.84 Å². The lowest BCUT2D eigenvalue weighted by Crippen LogP contribution is -2.30. The number of nitrogens with one attached hydrogen (secondary N) is 1. The van der Waals surface area contributed by atoms with Gasteiger partial charge in [0.05, 0.1) is 11.3 Å². The Hall–Kier alpha value is -2.40. The maximum atomic E-state index is 11.3. The van der Waals surface area contributed by atoms with E-state index in [1.807, 2.05) is 32.0 Å². The summed E-state index contributed by atoms with van der Waals surface area (Å²) < 4.78 is 5.74. The van der Waals surface area contributed by atoms with Crippen molar-refractivity contribution < 1.29 is 9.53 Å². The van der Waals surface area contributed by atoms with Crippen LogP contribution >= 0.6 is 0 Å². The van der Waals surface area contributed by atoms with Crippen molar-refractivity contribution >= 4 is 5.91 Å². The molecule has 1 aromatic heterocycles. The highest BCUT2D eigenvalue weighted by Gasteiger charge is 2.05. The molecule has 3 N–H and O–H groups in total. The summed E-state index contributed by atoms with van der Waals surface area (Å²) in [5, 5.41) is 0. The summed E-state index contributed by atoms with van der Waals surface area (Å²) in [7, 11) is 0. The maximum absolute atomic E-state index is 11.3. The predicted octanol–water partition coefficient (Wildman–Crippen LogP) is 1.88. The number of hydrogen-bond donors (Lipinski definition) is 2. The largest absolute Gasteiger partial charge is 0.487 e. The van der Waals surface area contributed by atoms with Gasteiger partial charge in [-0.2, -0.15) is 0 Å².